The average Bonchev–Trinajstić information content (AvgIpc) is 2.48. The summed E-state index contributed by atoms with van der Waals surface area (Å²) in [4.78, 5) is 13.4. The first-order valence-electron chi connectivity index (χ1n) is 7.16. The van der Waals surface area contributed by atoms with Gasteiger partial charge < -0.3 is 20.1 Å². The molecule has 2 N–H and O–H groups in total. The molecule has 0 spiro atoms. The Morgan fingerprint density at radius 3 is 2.55 bits per heavy atom. The Bertz CT molecular complexity index is 427. The Labute approximate surface area is 119 Å². The largest absolute Gasteiger partial charge is 0.479 e. The van der Waals surface area contributed by atoms with Crippen LogP contribution in [0.5, 0.6) is 5.75 Å². The number of carboxylic acid groups (broad SMARTS) is 1. The highest BCUT2D eigenvalue weighted by molar-refractivity contribution is 5.72. The lowest BCUT2D eigenvalue weighted by atomic mass is 10.2. The molecule has 0 aromatic heterocycles. The summed E-state index contributed by atoms with van der Waals surface area (Å²) < 4.78 is 5.53. The maximum Gasteiger partial charge on any atom is 0.344 e. The highest BCUT2D eigenvalue weighted by atomic mass is 16.5. The molecular formula is C15H22N2O3. The molecule has 1 fully saturated rings. The number of carbonyl (C=O) groups is 1. The second kappa shape index (κ2) is 7.14. The molecule has 0 aliphatic carbocycles. The van der Waals surface area contributed by atoms with Crippen molar-refractivity contribution in [1.29, 1.82) is 0 Å². The fourth-order valence-corrected chi connectivity index (χ4v) is 2.32. The van der Waals surface area contributed by atoms with Crippen molar-refractivity contribution >= 4 is 11.7 Å². The molecule has 0 radical (unpaired) electrons. The van der Waals surface area contributed by atoms with Crippen LogP contribution in [0.4, 0.5) is 5.69 Å². The molecular weight excluding hydrogens is 256 g/mol. The summed E-state index contributed by atoms with van der Waals surface area (Å²) in [5.41, 5.74) is 1.15. The molecule has 110 valence electrons. The second-order valence-corrected chi connectivity index (χ2v) is 4.96. The number of ether oxygens (including phenoxy) is 1. The maximum atomic E-state index is 11.1. The predicted octanol–water partition coefficient (Wildman–Crippen LogP) is 1.73. The van der Waals surface area contributed by atoms with Crippen molar-refractivity contribution in [2.45, 2.75) is 25.9 Å². The first-order valence-corrected chi connectivity index (χ1v) is 7.16. The van der Waals surface area contributed by atoms with Gasteiger partial charge in [0.2, 0.25) is 0 Å². The third-order valence-corrected chi connectivity index (χ3v) is 3.42. The van der Waals surface area contributed by atoms with Crippen molar-refractivity contribution in [2.75, 3.05) is 31.1 Å². The highest BCUT2D eigenvalue weighted by Crippen LogP contribution is 2.21. The van der Waals surface area contributed by atoms with E-state index in [1.807, 2.05) is 31.2 Å². The summed E-state index contributed by atoms with van der Waals surface area (Å²) in [6.45, 7) is 5.93. The van der Waals surface area contributed by atoms with Gasteiger partial charge >= 0.3 is 5.97 Å². The number of benzene rings is 1. The molecule has 1 aliphatic rings. The van der Waals surface area contributed by atoms with Gasteiger partial charge in [-0.05, 0) is 30.7 Å². The standard InChI is InChI=1S/C15H22N2O3/c1-2-3-14(15(18)19)20-13-6-4-12(5-7-13)17-10-8-16-9-11-17/h4-7,14,16H,2-3,8-11H2,1H3,(H,18,19). The van der Waals surface area contributed by atoms with Gasteiger partial charge in [-0.1, -0.05) is 13.3 Å². The SMILES string of the molecule is CCCC(Oc1ccc(N2CCNCC2)cc1)C(=O)O. The van der Waals surface area contributed by atoms with Crippen molar-refractivity contribution in [1.82, 2.24) is 5.32 Å². The Morgan fingerprint density at radius 1 is 1.35 bits per heavy atom. The van der Waals surface area contributed by atoms with Gasteiger partial charge in [0, 0.05) is 31.9 Å². The van der Waals surface area contributed by atoms with Crippen molar-refractivity contribution < 1.29 is 14.6 Å². The zero-order chi connectivity index (χ0) is 14.4. The Hall–Kier alpha value is -1.75. The van der Waals surface area contributed by atoms with Crippen LogP contribution in [0, 0.1) is 0 Å². The fourth-order valence-electron chi connectivity index (χ4n) is 2.32. The summed E-state index contributed by atoms with van der Waals surface area (Å²) in [6, 6.07) is 7.68. The topological polar surface area (TPSA) is 61.8 Å². The molecule has 1 saturated heterocycles. The zero-order valence-corrected chi connectivity index (χ0v) is 11.8. The van der Waals surface area contributed by atoms with Gasteiger partial charge in [-0.3, -0.25) is 0 Å². The molecule has 2 rings (SSSR count). The normalized spacial score (nSPS) is 16.8. The van der Waals surface area contributed by atoms with Gasteiger partial charge in [-0.15, -0.1) is 0 Å². The van der Waals surface area contributed by atoms with Crippen LogP contribution in [0.1, 0.15) is 19.8 Å². The number of nitrogens with one attached hydrogen (secondary N) is 1. The lowest BCUT2D eigenvalue weighted by Crippen LogP contribution is -2.43. The van der Waals surface area contributed by atoms with E-state index in [-0.39, 0.29) is 0 Å². The minimum atomic E-state index is -0.905. The summed E-state index contributed by atoms with van der Waals surface area (Å²) in [6.07, 6.45) is 0.551. The molecule has 1 aliphatic heterocycles. The molecule has 5 nitrogen and oxygen atoms in total. The van der Waals surface area contributed by atoms with Gasteiger partial charge in [-0.25, -0.2) is 4.79 Å². The van der Waals surface area contributed by atoms with Gasteiger partial charge in [0.15, 0.2) is 6.10 Å². The van der Waals surface area contributed by atoms with Crippen LogP contribution < -0.4 is 15.0 Å². The van der Waals surface area contributed by atoms with E-state index in [2.05, 4.69) is 10.2 Å². The highest BCUT2D eigenvalue weighted by Gasteiger charge is 2.18. The van der Waals surface area contributed by atoms with E-state index in [0.717, 1.165) is 38.3 Å². The minimum Gasteiger partial charge on any atom is -0.479 e. The third-order valence-electron chi connectivity index (χ3n) is 3.42. The Morgan fingerprint density at radius 2 is 2.00 bits per heavy atom. The number of piperazine rings is 1. The van der Waals surface area contributed by atoms with E-state index in [4.69, 9.17) is 9.84 Å². The summed E-state index contributed by atoms with van der Waals surface area (Å²) in [5, 5.41) is 12.4. The number of carboxylic acids is 1. The number of anilines is 1. The molecule has 0 amide bonds. The molecule has 0 saturated carbocycles. The van der Waals surface area contributed by atoms with Gasteiger partial charge in [0.1, 0.15) is 5.75 Å². The van der Waals surface area contributed by atoms with Crippen LogP contribution in [0.25, 0.3) is 0 Å². The maximum absolute atomic E-state index is 11.1. The van der Waals surface area contributed by atoms with Crippen molar-refractivity contribution in [2.24, 2.45) is 0 Å². The van der Waals surface area contributed by atoms with Crippen LogP contribution in [-0.4, -0.2) is 43.4 Å². The number of hydrogen-bond acceptors (Lipinski definition) is 4. The van der Waals surface area contributed by atoms with E-state index >= 15 is 0 Å². The molecule has 20 heavy (non-hydrogen) atoms. The van der Waals surface area contributed by atoms with Gasteiger partial charge in [0.05, 0.1) is 0 Å². The number of rotatable bonds is 6. The van der Waals surface area contributed by atoms with Gasteiger partial charge in [0.25, 0.3) is 0 Å². The fraction of sp³-hybridized carbons (Fsp3) is 0.533. The summed E-state index contributed by atoms with van der Waals surface area (Å²) in [7, 11) is 0. The lowest BCUT2D eigenvalue weighted by Gasteiger charge is -2.29. The molecule has 1 atom stereocenters. The molecule has 1 aromatic carbocycles. The molecule has 0 bridgehead atoms. The predicted molar refractivity (Wildman–Crippen MR) is 78.5 cm³/mol. The molecule has 5 heteroatoms. The van der Waals surface area contributed by atoms with Gasteiger partial charge in [-0.2, -0.15) is 0 Å². The number of aliphatic carboxylic acids is 1. The zero-order valence-electron chi connectivity index (χ0n) is 11.8. The van der Waals surface area contributed by atoms with E-state index in [1.54, 1.807) is 0 Å². The number of hydrogen-bond donors (Lipinski definition) is 2. The average molecular weight is 278 g/mol. The van der Waals surface area contributed by atoms with E-state index in [1.165, 1.54) is 0 Å². The van der Waals surface area contributed by atoms with Crippen molar-refractivity contribution in [3.63, 3.8) is 0 Å². The van der Waals surface area contributed by atoms with Crippen LogP contribution >= 0.6 is 0 Å². The van der Waals surface area contributed by atoms with Crippen LogP contribution in [0.3, 0.4) is 0 Å². The van der Waals surface area contributed by atoms with Crippen LogP contribution in [0.2, 0.25) is 0 Å². The second-order valence-electron chi connectivity index (χ2n) is 4.96. The first-order chi connectivity index (χ1) is 9.70. The summed E-state index contributed by atoms with van der Waals surface area (Å²) in [5.74, 6) is -0.289. The molecule has 1 heterocycles. The smallest absolute Gasteiger partial charge is 0.344 e. The first kappa shape index (κ1) is 14.7. The Balaban J connectivity index is 1.98. The lowest BCUT2D eigenvalue weighted by molar-refractivity contribution is -0.145. The third kappa shape index (κ3) is 3.87. The molecule has 1 unspecified atom stereocenters. The molecule has 1 aromatic rings. The van der Waals surface area contributed by atoms with E-state index in [0.29, 0.717) is 12.2 Å². The van der Waals surface area contributed by atoms with Crippen molar-refractivity contribution in [3.05, 3.63) is 24.3 Å². The van der Waals surface area contributed by atoms with E-state index in [9.17, 15) is 4.79 Å². The quantitative estimate of drug-likeness (QED) is 0.830. The van der Waals surface area contributed by atoms with Crippen molar-refractivity contribution in [3.8, 4) is 5.75 Å². The minimum absolute atomic E-state index is 0.523. The Kier molecular flexibility index (Phi) is 5.24. The van der Waals surface area contributed by atoms with Crippen LogP contribution in [-0.2, 0) is 4.79 Å². The number of nitrogens with zero attached hydrogens (tertiary/aromatic N) is 1. The summed E-state index contributed by atoms with van der Waals surface area (Å²) >= 11 is 0. The van der Waals surface area contributed by atoms with E-state index < -0.39 is 12.1 Å². The van der Waals surface area contributed by atoms with Crippen LogP contribution in [0.15, 0.2) is 24.3 Å². The monoisotopic (exact) mass is 278 g/mol.